The number of amides is 3. The molecule has 32 heavy (non-hydrogen) atoms. The molecule has 1 heterocycles. The van der Waals surface area contributed by atoms with Gasteiger partial charge in [0.15, 0.2) is 5.54 Å². The number of ether oxygens (including phenoxy) is 2. The first-order chi connectivity index (χ1) is 15.1. The summed E-state index contributed by atoms with van der Waals surface area (Å²) in [5.74, 6) is 0.345. The Labute approximate surface area is 189 Å². The van der Waals surface area contributed by atoms with E-state index in [0.29, 0.717) is 12.2 Å². The van der Waals surface area contributed by atoms with Crippen LogP contribution < -0.4 is 20.7 Å². The highest BCUT2D eigenvalue weighted by Crippen LogP contribution is 2.29. The Hall–Kier alpha value is -2.77. The van der Waals surface area contributed by atoms with Gasteiger partial charge in [0.25, 0.3) is 5.91 Å². The SMILES string of the molecule is CC(C)(C)OC(=O)N[C@H]1CCCCC1CCC(=O)N[C@]1(C)C(=O)N[C@@H]1Oc1ccccc1. The predicted molar refractivity (Wildman–Crippen MR) is 120 cm³/mol. The molecule has 1 aromatic rings. The van der Waals surface area contributed by atoms with Crippen molar-refractivity contribution >= 4 is 17.9 Å². The van der Waals surface area contributed by atoms with E-state index in [-0.39, 0.29) is 30.2 Å². The van der Waals surface area contributed by atoms with E-state index in [1.54, 1.807) is 19.1 Å². The molecule has 1 aliphatic heterocycles. The molecule has 176 valence electrons. The van der Waals surface area contributed by atoms with Crippen LogP contribution in [0.25, 0.3) is 0 Å². The van der Waals surface area contributed by atoms with Crippen LogP contribution in [0.5, 0.6) is 5.75 Å². The molecule has 0 spiro atoms. The van der Waals surface area contributed by atoms with Gasteiger partial charge in [-0.05, 0) is 65.0 Å². The van der Waals surface area contributed by atoms with Crippen molar-refractivity contribution in [1.29, 1.82) is 0 Å². The van der Waals surface area contributed by atoms with Gasteiger partial charge in [0, 0.05) is 12.5 Å². The van der Waals surface area contributed by atoms with Gasteiger partial charge in [-0.3, -0.25) is 9.59 Å². The zero-order valence-electron chi connectivity index (χ0n) is 19.4. The van der Waals surface area contributed by atoms with E-state index in [1.807, 2.05) is 39.0 Å². The summed E-state index contributed by atoms with van der Waals surface area (Å²) < 4.78 is 11.2. The predicted octanol–water partition coefficient (Wildman–Crippen LogP) is 3.26. The normalized spacial score (nSPS) is 27.5. The molecule has 1 aromatic carbocycles. The Morgan fingerprint density at radius 3 is 2.50 bits per heavy atom. The molecular weight excluding hydrogens is 410 g/mol. The van der Waals surface area contributed by atoms with Gasteiger partial charge in [-0.25, -0.2) is 4.79 Å². The van der Waals surface area contributed by atoms with Crippen LogP contribution in [0, 0.1) is 5.92 Å². The van der Waals surface area contributed by atoms with Crippen molar-refractivity contribution in [2.24, 2.45) is 5.92 Å². The lowest BCUT2D eigenvalue weighted by Crippen LogP contribution is -2.79. The molecule has 1 saturated carbocycles. The maximum absolute atomic E-state index is 12.7. The zero-order valence-corrected chi connectivity index (χ0v) is 19.4. The monoisotopic (exact) mass is 445 g/mol. The summed E-state index contributed by atoms with van der Waals surface area (Å²) >= 11 is 0. The Morgan fingerprint density at radius 2 is 1.84 bits per heavy atom. The first-order valence-electron chi connectivity index (χ1n) is 11.4. The lowest BCUT2D eigenvalue weighted by atomic mass is 9.81. The number of β-lactam (4-membered cyclic amide) rings is 1. The first kappa shape index (κ1) is 23.9. The Balaban J connectivity index is 1.51. The molecule has 0 radical (unpaired) electrons. The van der Waals surface area contributed by atoms with Crippen molar-refractivity contribution in [1.82, 2.24) is 16.0 Å². The summed E-state index contributed by atoms with van der Waals surface area (Å²) in [6.07, 6.45) is 3.80. The number of hydrogen-bond acceptors (Lipinski definition) is 5. The quantitative estimate of drug-likeness (QED) is 0.559. The zero-order chi connectivity index (χ0) is 23.4. The smallest absolute Gasteiger partial charge is 0.407 e. The fraction of sp³-hybridized carbons (Fsp3) is 0.625. The second-order valence-corrected chi connectivity index (χ2v) is 9.87. The van der Waals surface area contributed by atoms with Crippen LogP contribution in [-0.4, -0.2) is 41.3 Å². The molecule has 8 nitrogen and oxygen atoms in total. The van der Waals surface area contributed by atoms with Gasteiger partial charge in [0.05, 0.1) is 0 Å². The Bertz CT molecular complexity index is 823. The van der Waals surface area contributed by atoms with Crippen LogP contribution in [0.1, 0.15) is 66.2 Å². The van der Waals surface area contributed by atoms with Gasteiger partial charge in [0.1, 0.15) is 11.4 Å². The highest BCUT2D eigenvalue weighted by molar-refractivity contribution is 5.97. The molecule has 2 fully saturated rings. The minimum absolute atomic E-state index is 0.0110. The summed E-state index contributed by atoms with van der Waals surface area (Å²) in [5, 5.41) is 8.54. The van der Waals surface area contributed by atoms with Crippen LogP contribution in [-0.2, 0) is 14.3 Å². The number of benzene rings is 1. The van der Waals surface area contributed by atoms with Crippen LogP contribution in [0.2, 0.25) is 0 Å². The topological polar surface area (TPSA) is 106 Å². The number of para-hydroxylation sites is 1. The fourth-order valence-corrected chi connectivity index (χ4v) is 4.23. The molecule has 1 unspecified atom stereocenters. The highest BCUT2D eigenvalue weighted by atomic mass is 16.6. The average molecular weight is 446 g/mol. The summed E-state index contributed by atoms with van der Waals surface area (Å²) in [6, 6.07) is 9.16. The molecule has 1 aliphatic carbocycles. The van der Waals surface area contributed by atoms with E-state index in [0.717, 1.165) is 25.7 Å². The second kappa shape index (κ2) is 9.79. The number of rotatable bonds is 7. The first-order valence-corrected chi connectivity index (χ1v) is 11.4. The van der Waals surface area contributed by atoms with Crippen LogP contribution >= 0.6 is 0 Å². The minimum atomic E-state index is -1.12. The molecule has 1 saturated heterocycles. The van der Waals surface area contributed by atoms with Crippen LogP contribution in [0.15, 0.2) is 30.3 Å². The maximum Gasteiger partial charge on any atom is 0.407 e. The summed E-state index contributed by atoms with van der Waals surface area (Å²) in [4.78, 5) is 37.1. The second-order valence-electron chi connectivity index (χ2n) is 9.87. The van der Waals surface area contributed by atoms with Crippen molar-refractivity contribution in [2.45, 2.75) is 89.6 Å². The lowest BCUT2D eigenvalue weighted by Gasteiger charge is -2.45. The van der Waals surface area contributed by atoms with Crippen molar-refractivity contribution < 1.29 is 23.9 Å². The number of nitrogens with one attached hydrogen (secondary N) is 3. The number of alkyl carbamates (subject to hydrolysis) is 1. The molecule has 3 N–H and O–H groups in total. The fourth-order valence-electron chi connectivity index (χ4n) is 4.23. The largest absolute Gasteiger partial charge is 0.468 e. The van der Waals surface area contributed by atoms with Gasteiger partial charge in [-0.1, -0.05) is 31.0 Å². The molecular formula is C24H35N3O5. The van der Waals surface area contributed by atoms with Gasteiger partial charge < -0.3 is 25.4 Å². The summed E-state index contributed by atoms with van der Waals surface area (Å²) in [7, 11) is 0. The molecule has 8 heteroatoms. The third-order valence-corrected chi connectivity index (χ3v) is 6.01. The van der Waals surface area contributed by atoms with E-state index >= 15 is 0 Å². The maximum atomic E-state index is 12.7. The number of hydrogen-bond donors (Lipinski definition) is 3. The van der Waals surface area contributed by atoms with Gasteiger partial charge in [0.2, 0.25) is 12.1 Å². The van der Waals surface area contributed by atoms with Crippen LogP contribution in [0.4, 0.5) is 4.79 Å². The van der Waals surface area contributed by atoms with E-state index in [9.17, 15) is 14.4 Å². The van der Waals surface area contributed by atoms with Crippen molar-refractivity contribution in [3.8, 4) is 5.75 Å². The van der Waals surface area contributed by atoms with E-state index < -0.39 is 23.5 Å². The van der Waals surface area contributed by atoms with Gasteiger partial charge >= 0.3 is 6.09 Å². The number of carbonyl (C=O) groups is 3. The van der Waals surface area contributed by atoms with Crippen molar-refractivity contribution in [3.05, 3.63) is 30.3 Å². The average Bonchev–Trinajstić information content (AvgIpc) is 2.72. The summed E-state index contributed by atoms with van der Waals surface area (Å²) in [5.41, 5.74) is -1.67. The molecule has 0 bridgehead atoms. The molecule has 4 atom stereocenters. The number of carbonyl (C=O) groups excluding carboxylic acids is 3. The summed E-state index contributed by atoms with van der Waals surface area (Å²) in [6.45, 7) is 7.18. The van der Waals surface area contributed by atoms with E-state index in [2.05, 4.69) is 16.0 Å². The molecule has 3 rings (SSSR count). The Kier molecular flexibility index (Phi) is 7.31. The standard InChI is InChI=1S/C24H35N3O5/c1-23(2,3)32-22(30)25-18-13-9-8-10-16(18)14-15-19(28)27-24(4)20(29)26-21(24)31-17-11-6-5-7-12-17/h5-7,11-12,16,18,21H,8-10,13-15H2,1-4H3,(H,25,30)(H,26,29)(H,27,28)/t16?,18-,21+,24+/m0/s1. The van der Waals surface area contributed by atoms with E-state index in [4.69, 9.17) is 9.47 Å². The van der Waals surface area contributed by atoms with Gasteiger partial charge in [-0.2, -0.15) is 0 Å². The third-order valence-electron chi connectivity index (χ3n) is 6.01. The molecule has 3 amide bonds. The van der Waals surface area contributed by atoms with Crippen molar-refractivity contribution in [2.75, 3.05) is 0 Å². The lowest BCUT2D eigenvalue weighted by molar-refractivity contribution is -0.153. The minimum Gasteiger partial charge on any atom is -0.468 e. The van der Waals surface area contributed by atoms with E-state index in [1.165, 1.54) is 0 Å². The van der Waals surface area contributed by atoms with Gasteiger partial charge in [-0.15, -0.1) is 0 Å². The van der Waals surface area contributed by atoms with Crippen molar-refractivity contribution in [3.63, 3.8) is 0 Å². The highest BCUT2D eigenvalue weighted by Gasteiger charge is 2.54. The molecule has 0 aromatic heterocycles. The molecule has 2 aliphatic rings. The van der Waals surface area contributed by atoms with Crippen LogP contribution in [0.3, 0.4) is 0 Å². The third kappa shape index (κ3) is 6.14. The Morgan fingerprint density at radius 1 is 1.16 bits per heavy atom.